The monoisotopic (exact) mass is 306 g/mol. The van der Waals surface area contributed by atoms with Crippen molar-refractivity contribution in [2.45, 2.75) is 46.5 Å². The van der Waals surface area contributed by atoms with Gasteiger partial charge in [-0.25, -0.2) is 0 Å². The van der Waals surface area contributed by atoms with Gasteiger partial charge in [0.25, 0.3) is 5.91 Å². The second-order valence-electron chi connectivity index (χ2n) is 4.97. The van der Waals surface area contributed by atoms with E-state index in [1.54, 1.807) is 0 Å². The van der Waals surface area contributed by atoms with Crippen LogP contribution in [0, 0.1) is 0 Å². The molecule has 0 unspecified atom stereocenters. The van der Waals surface area contributed by atoms with Gasteiger partial charge in [-0.1, -0.05) is 27.2 Å². The van der Waals surface area contributed by atoms with Crippen LogP contribution in [0.2, 0.25) is 0 Å². The van der Waals surface area contributed by atoms with Gasteiger partial charge in [0.15, 0.2) is 0 Å². The predicted octanol–water partition coefficient (Wildman–Crippen LogP) is 2.93. The fourth-order valence-electron chi connectivity index (χ4n) is 2.40. The van der Waals surface area contributed by atoms with Crippen molar-refractivity contribution in [3.05, 3.63) is 16.1 Å². The number of hydrogen-bond donors (Lipinski definition) is 2. The minimum Gasteiger partial charge on any atom is -0.397 e. The van der Waals surface area contributed by atoms with E-state index in [1.165, 1.54) is 11.3 Å². The van der Waals surface area contributed by atoms with E-state index in [0.717, 1.165) is 47.2 Å². The largest absolute Gasteiger partial charge is 0.397 e. The number of unbranched alkanes of at least 4 members (excludes halogenated alkanes) is 1. The van der Waals surface area contributed by atoms with E-state index < -0.39 is 0 Å². The Morgan fingerprint density at radius 1 is 1.24 bits per heavy atom. The molecule has 0 spiro atoms. The summed E-state index contributed by atoms with van der Waals surface area (Å²) in [5, 5.41) is 12.3. The zero-order valence-electron chi connectivity index (χ0n) is 12.8. The molecule has 0 fully saturated rings. The van der Waals surface area contributed by atoms with Crippen molar-refractivity contribution in [1.82, 2.24) is 15.5 Å². The van der Waals surface area contributed by atoms with Crippen molar-refractivity contribution in [3.8, 4) is 0 Å². The minimum absolute atomic E-state index is 0.107. The first kappa shape index (κ1) is 15.7. The highest BCUT2D eigenvalue weighted by Gasteiger charge is 2.20. The Hall–Kier alpha value is -1.69. The Morgan fingerprint density at radius 3 is 2.62 bits per heavy atom. The normalized spacial score (nSPS) is 11.0. The number of hydrogen-bond acceptors (Lipinski definition) is 5. The molecule has 2 aromatic rings. The summed E-state index contributed by atoms with van der Waals surface area (Å²) in [7, 11) is 0. The average molecular weight is 306 g/mol. The first-order chi connectivity index (χ1) is 10.1. The van der Waals surface area contributed by atoms with Crippen molar-refractivity contribution >= 4 is 33.1 Å². The molecule has 0 atom stereocenters. The number of aromatic nitrogens is 2. The molecule has 0 saturated carbocycles. The Kier molecular flexibility index (Phi) is 5.12. The molecule has 0 aliphatic carbocycles. The molecule has 1 amide bonds. The molecule has 0 saturated heterocycles. The van der Waals surface area contributed by atoms with Gasteiger partial charge < -0.3 is 11.1 Å². The number of anilines is 1. The average Bonchev–Trinajstić information content (AvgIpc) is 2.83. The molecule has 0 aliphatic heterocycles. The van der Waals surface area contributed by atoms with Crippen LogP contribution >= 0.6 is 11.3 Å². The Bertz CT molecular complexity index is 651. The third-order valence-electron chi connectivity index (χ3n) is 3.55. The molecule has 0 bridgehead atoms. The highest BCUT2D eigenvalue weighted by atomic mass is 32.1. The van der Waals surface area contributed by atoms with E-state index in [2.05, 4.69) is 36.3 Å². The molecular formula is C15H22N4OS. The summed E-state index contributed by atoms with van der Waals surface area (Å²) >= 11 is 1.33. The zero-order valence-corrected chi connectivity index (χ0v) is 13.6. The quantitative estimate of drug-likeness (QED) is 0.804. The lowest BCUT2D eigenvalue weighted by molar-refractivity contribution is 0.0958. The van der Waals surface area contributed by atoms with Crippen LogP contribution in [0.5, 0.6) is 0 Å². The van der Waals surface area contributed by atoms with Crippen LogP contribution in [0.15, 0.2) is 0 Å². The SMILES string of the molecule is CCCCNC(=O)c1sc2nnc(CC)c(CC)c2c1N. The summed E-state index contributed by atoms with van der Waals surface area (Å²) in [5.41, 5.74) is 8.85. The van der Waals surface area contributed by atoms with E-state index in [4.69, 9.17) is 5.73 Å². The van der Waals surface area contributed by atoms with Crippen LogP contribution in [0.1, 0.15) is 54.5 Å². The Morgan fingerprint density at radius 2 is 2.00 bits per heavy atom. The number of fused-ring (bicyclic) bond motifs is 1. The van der Waals surface area contributed by atoms with Crippen LogP contribution in [-0.4, -0.2) is 22.6 Å². The lowest BCUT2D eigenvalue weighted by atomic mass is 10.1. The number of nitrogens with zero attached hydrogens (tertiary/aromatic N) is 2. The summed E-state index contributed by atoms with van der Waals surface area (Å²) in [5.74, 6) is -0.107. The molecule has 2 rings (SSSR count). The van der Waals surface area contributed by atoms with Gasteiger partial charge in [-0.15, -0.1) is 16.4 Å². The molecule has 114 valence electrons. The molecule has 0 aromatic carbocycles. The Labute approximate surface area is 128 Å². The first-order valence-corrected chi connectivity index (χ1v) is 8.30. The maximum atomic E-state index is 12.2. The number of carbonyl (C=O) groups is 1. The molecule has 6 heteroatoms. The summed E-state index contributed by atoms with van der Waals surface area (Å²) in [6.45, 7) is 6.90. The summed E-state index contributed by atoms with van der Waals surface area (Å²) in [6, 6.07) is 0. The highest BCUT2D eigenvalue weighted by Crippen LogP contribution is 2.35. The molecule has 3 N–H and O–H groups in total. The number of amides is 1. The van der Waals surface area contributed by atoms with Crippen LogP contribution in [-0.2, 0) is 12.8 Å². The predicted molar refractivity (Wildman–Crippen MR) is 87.8 cm³/mol. The number of rotatable bonds is 6. The smallest absolute Gasteiger partial charge is 0.263 e. The molecule has 0 aliphatic rings. The standard InChI is InChI=1S/C15H22N4OS/c1-4-7-8-17-14(20)13-12(16)11-9(5-2)10(6-3)18-19-15(11)21-13/h4-8,16H2,1-3H3,(H,17,20). The second kappa shape index (κ2) is 6.85. The summed E-state index contributed by atoms with van der Waals surface area (Å²) in [4.78, 5) is 13.5. The molecule has 5 nitrogen and oxygen atoms in total. The number of nitrogen functional groups attached to an aromatic ring is 1. The van der Waals surface area contributed by atoms with Crippen molar-refractivity contribution < 1.29 is 4.79 Å². The molecule has 2 aromatic heterocycles. The molecule has 0 radical (unpaired) electrons. The highest BCUT2D eigenvalue weighted by molar-refractivity contribution is 7.21. The zero-order chi connectivity index (χ0) is 15.4. The van der Waals surface area contributed by atoms with Gasteiger partial charge >= 0.3 is 0 Å². The number of aryl methyl sites for hydroxylation is 2. The van der Waals surface area contributed by atoms with Crippen molar-refractivity contribution in [1.29, 1.82) is 0 Å². The number of nitrogens with two attached hydrogens (primary N) is 1. The van der Waals surface area contributed by atoms with Gasteiger partial charge in [0.2, 0.25) is 0 Å². The molecule has 21 heavy (non-hydrogen) atoms. The van der Waals surface area contributed by atoms with Crippen LogP contribution in [0.25, 0.3) is 10.2 Å². The summed E-state index contributed by atoms with van der Waals surface area (Å²) < 4.78 is 0. The minimum atomic E-state index is -0.107. The van der Waals surface area contributed by atoms with Crippen LogP contribution in [0.4, 0.5) is 5.69 Å². The van der Waals surface area contributed by atoms with Crippen molar-refractivity contribution in [3.63, 3.8) is 0 Å². The first-order valence-electron chi connectivity index (χ1n) is 7.48. The lowest BCUT2D eigenvalue weighted by Gasteiger charge is -2.06. The Balaban J connectivity index is 2.43. The number of carbonyl (C=O) groups excluding carboxylic acids is 1. The van der Waals surface area contributed by atoms with Gasteiger partial charge in [0, 0.05) is 11.9 Å². The van der Waals surface area contributed by atoms with E-state index in [0.29, 0.717) is 17.1 Å². The lowest BCUT2D eigenvalue weighted by Crippen LogP contribution is -2.24. The third kappa shape index (κ3) is 3.00. The van der Waals surface area contributed by atoms with Gasteiger partial charge in [-0.3, -0.25) is 4.79 Å². The van der Waals surface area contributed by atoms with E-state index >= 15 is 0 Å². The topological polar surface area (TPSA) is 80.9 Å². The summed E-state index contributed by atoms with van der Waals surface area (Å²) in [6.07, 6.45) is 3.68. The van der Waals surface area contributed by atoms with Gasteiger partial charge in [-0.2, -0.15) is 5.10 Å². The van der Waals surface area contributed by atoms with Gasteiger partial charge in [-0.05, 0) is 24.8 Å². The third-order valence-corrected chi connectivity index (χ3v) is 4.64. The number of nitrogens with one attached hydrogen (secondary N) is 1. The fraction of sp³-hybridized carbons (Fsp3) is 0.533. The van der Waals surface area contributed by atoms with Gasteiger partial charge in [0.05, 0.1) is 11.4 Å². The maximum Gasteiger partial charge on any atom is 0.263 e. The van der Waals surface area contributed by atoms with Crippen molar-refractivity contribution in [2.75, 3.05) is 12.3 Å². The van der Waals surface area contributed by atoms with Crippen molar-refractivity contribution in [2.24, 2.45) is 0 Å². The molecular weight excluding hydrogens is 284 g/mol. The fourth-order valence-corrected chi connectivity index (χ4v) is 3.38. The van der Waals surface area contributed by atoms with Gasteiger partial charge in [0.1, 0.15) is 9.71 Å². The maximum absolute atomic E-state index is 12.2. The molecule has 2 heterocycles. The van der Waals surface area contributed by atoms with E-state index in [1.807, 2.05) is 0 Å². The van der Waals surface area contributed by atoms with E-state index in [-0.39, 0.29) is 5.91 Å². The van der Waals surface area contributed by atoms with E-state index in [9.17, 15) is 4.79 Å². The van der Waals surface area contributed by atoms with Crippen LogP contribution in [0.3, 0.4) is 0 Å². The second-order valence-corrected chi connectivity index (χ2v) is 5.97. The van der Waals surface area contributed by atoms with Crippen LogP contribution < -0.4 is 11.1 Å². The number of thiophene rings is 1.